The van der Waals surface area contributed by atoms with Crippen LogP contribution in [0.25, 0.3) is 11.1 Å². The standard InChI is InChI=1S/C18H15FN4O2S/c1-25-15-5-4-11(19)8-13(15)14-9-20-7-6-12(14)16(24)21-18-23-22-17(26-18)10-2-3-10/h4-10H,2-3H2,1H3,(H,21,23,24). The highest BCUT2D eigenvalue weighted by Crippen LogP contribution is 2.42. The molecule has 4 rings (SSSR count). The van der Waals surface area contributed by atoms with Gasteiger partial charge in [-0.05, 0) is 37.1 Å². The van der Waals surface area contributed by atoms with Gasteiger partial charge in [-0.1, -0.05) is 11.3 Å². The van der Waals surface area contributed by atoms with Gasteiger partial charge in [-0.25, -0.2) is 4.39 Å². The van der Waals surface area contributed by atoms with Crippen molar-refractivity contribution in [3.8, 4) is 16.9 Å². The lowest BCUT2D eigenvalue weighted by atomic mass is 10.0. The van der Waals surface area contributed by atoms with Crippen molar-refractivity contribution in [2.24, 2.45) is 0 Å². The number of methoxy groups -OCH3 is 1. The summed E-state index contributed by atoms with van der Waals surface area (Å²) in [5.41, 5.74) is 1.29. The Balaban J connectivity index is 1.66. The van der Waals surface area contributed by atoms with E-state index in [9.17, 15) is 9.18 Å². The maximum Gasteiger partial charge on any atom is 0.258 e. The van der Waals surface area contributed by atoms with E-state index in [2.05, 4.69) is 20.5 Å². The lowest BCUT2D eigenvalue weighted by molar-refractivity contribution is 0.102. The zero-order chi connectivity index (χ0) is 18.1. The number of carbonyl (C=O) groups is 1. The van der Waals surface area contributed by atoms with Gasteiger partial charge in [-0.15, -0.1) is 10.2 Å². The first-order valence-electron chi connectivity index (χ1n) is 8.08. The molecule has 2 heterocycles. The predicted molar refractivity (Wildman–Crippen MR) is 96.0 cm³/mol. The number of amides is 1. The van der Waals surface area contributed by atoms with Crippen molar-refractivity contribution in [3.05, 3.63) is 53.0 Å². The molecule has 132 valence electrons. The highest BCUT2D eigenvalue weighted by Gasteiger charge is 2.28. The minimum Gasteiger partial charge on any atom is -0.496 e. The maximum absolute atomic E-state index is 13.7. The van der Waals surface area contributed by atoms with Crippen LogP contribution in [-0.4, -0.2) is 28.2 Å². The smallest absolute Gasteiger partial charge is 0.258 e. The summed E-state index contributed by atoms with van der Waals surface area (Å²) in [7, 11) is 1.49. The van der Waals surface area contributed by atoms with Crippen LogP contribution in [0.2, 0.25) is 0 Å². The number of aromatic nitrogens is 3. The molecule has 0 unspecified atom stereocenters. The molecule has 26 heavy (non-hydrogen) atoms. The second-order valence-corrected chi connectivity index (χ2v) is 6.95. The van der Waals surface area contributed by atoms with E-state index in [-0.39, 0.29) is 5.91 Å². The van der Waals surface area contributed by atoms with Crippen molar-refractivity contribution in [1.82, 2.24) is 15.2 Å². The van der Waals surface area contributed by atoms with Gasteiger partial charge in [0.25, 0.3) is 5.91 Å². The normalized spacial score (nSPS) is 13.5. The Hall–Kier alpha value is -2.87. The average Bonchev–Trinajstić information content (AvgIpc) is 3.41. The topological polar surface area (TPSA) is 77.0 Å². The second-order valence-electron chi connectivity index (χ2n) is 5.94. The molecule has 0 saturated heterocycles. The average molecular weight is 370 g/mol. The third kappa shape index (κ3) is 3.28. The summed E-state index contributed by atoms with van der Waals surface area (Å²) in [6.07, 6.45) is 5.27. The Labute approximate surface area is 153 Å². The van der Waals surface area contributed by atoms with E-state index in [4.69, 9.17) is 4.74 Å². The van der Waals surface area contributed by atoms with Gasteiger partial charge in [0.2, 0.25) is 5.13 Å². The van der Waals surface area contributed by atoms with Crippen LogP contribution in [0, 0.1) is 5.82 Å². The van der Waals surface area contributed by atoms with Gasteiger partial charge < -0.3 is 4.74 Å². The van der Waals surface area contributed by atoms with Gasteiger partial charge in [0.15, 0.2) is 0 Å². The molecule has 1 aliphatic carbocycles. The van der Waals surface area contributed by atoms with Crippen LogP contribution in [0.1, 0.15) is 34.1 Å². The molecular formula is C18H15FN4O2S. The molecule has 1 saturated carbocycles. The number of nitrogens with one attached hydrogen (secondary N) is 1. The van der Waals surface area contributed by atoms with Gasteiger partial charge in [0, 0.05) is 29.4 Å². The monoisotopic (exact) mass is 370 g/mol. The summed E-state index contributed by atoms with van der Waals surface area (Å²) < 4.78 is 19.0. The number of carbonyl (C=O) groups excluding carboxylic acids is 1. The molecule has 1 fully saturated rings. The Morgan fingerprint density at radius 3 is 2.88 bits per heavy atom. The van der Waals surface area contributed by atoms with E-state index in [1.807, 2.05) is 0 Å². The molecule has 1 amide bonds. The van der Waals surface area contributed by atoms with E-state index in [1.165, 1.54) is 49.0 Å². The molecule has 0 atom stereocenters. The van der Waals surface area contributed by atoms with E-state index >= 15 is 0 Å². The Morgan fingerprint density at radius 1 is 1.27 bits per heavy atom. The first-order valence-corrected chi connectivity index (χ1v) is 8.90. The summed E-state index contributed by atoms with van der Waals surface area (Å²) in [5.74, 6) is 0.160. The molecule has 8 heteroatoms. The number of rotatable bonds is 5. The largest absolute Gasteiger partial charge is 0.496 e. The number of hydrogen-bond donors (Lipinski definition) is 1. The number of pyridine rings is 1. The Kier molecular flexibility index (Phi) is 4.34. The summed E-state index contributed by atoms with van der Waals surface area (Å²) in [5, 5.41) is 12.3. The van der Waals surface area contributed by atoms with Crippen LogP contribution >= 0.6 is 11.3 Å². The molecule has 2 aromatic heterocycles. The second kappa shape index (κ2) is 6.80. The fraction of sp³-hybridized carbons (Fsp3) is 0.222. The van der Waals surface area contributed by atoms with Crippen LogP contribution in [0.5, 0.6) is 5.75 Å². The van der Waals surface area contributed by atoms with Crippen molar-refractivity contribution < 1.29 is 13.9 Å². The fourth-order valence-corrected chi connectivity index (χ4v) is 3.55. The summed E-state index contributed by atoms with van der Waals surface area (Å²) in [6, 6.07) is 5.73. The lowest BCUT2D eigenvalue weighted by Gasteiger charge is -2.12. The number of anilines is 1. The zero-order valence-corrected chi connectivity index (χ0v) is 14.7. The molecule has 0 spiro atoms. The van der Waals surface area contributed by atoms with Crippen molar-refractivity contribution in [3.63, 3.8) is 0 Å². The quantitative estimate of drug-likeness (QED) is 0.738. The molecule has 0 aliphatic heterocycles. The van der Waals surface area contributed by atoms with Crippen molar-refractivity contribution in [1.29, 1.82) is 0 Å². The molecule has 1 aliphatic rings. The number of nitrogens with zero attached hydrogens (tertiary/aromatic N) is 3. The number of hydrogen-bond acceptors (Lipinski definition) is 6. The molecular weight excluding hydrogens is 355 g/mol. The fourth-order valence-electron chi connectivity index (χ4n) is 2.64. The van der Waals surface area contributed by atoms with E-state index < -0.39 is 5.82 Å². The van der Waals surface area contributed by atoms with E-state index in [0.717, 1.165) is 17.8 Å². The first kappa shape index (κ1) is 16.6. The van der Waals surface area contributed by atoms with Gasteiger partial charge in [0.05, 0.1) is 12.7 Å². The first-order chi connectivity index (χ1) is 12.7. The van der Waals surface area contributed by atoms with Crippen molar-refractivity contribution in [2.45, 2.75) is 18.8 Å². The summed E-state index contributed by atoms with van der Waals surface area (Å²) in [6.45, 7) is 0. The van der Waals surface area contributed by atoms with Crippen LogP contribution in [0.4, 0.5) is 9.52 Å². The van der Waals surface area contributed by atoms with Crippen LogP contribution in [-0.2, 0) is 0 Å². The Bertz CT molecular complexity index is 971. The van der Waals surface area contributed by atoms with Gasteiger partial charge in [0.1, 0.15) is 16.6 Å². The Morgan fingerprint density at radius 2 is 2.12 bits per heavy atom. The minimum absolute atomic E-state index is 0.354. The predicted octanol–water partition coefficient (Wildman–Crippen LogP) is 3.88. The van der Waals surface area contributed by atoms with E-state index in [1.54, 1.807) is 6.07 Å². The molecule has 0 radical (unpaired) electrons. The summed E-state index contributed by atoms with van der Waals surface area (Å²) >= 11 is 1.38. The molecule has 3 aromatic rings. The van der Waals surface area contributed by atoms with Gasteiger partial charge in [-0.3, -0.25) is 15.1 Å². The highest BCUT2D eigenvalue weighted by molar-refractivity contribution is 7.15. The highest BCUT2D eigenvalue weighted by atomic mass is 32.1. The minimum atomic E-state index is -0.422. The molecule has 6 nitrogen and oxygen atoms in total. The van der Waals surface area contributed by atoms with E-state index in [0.29, 0.717) is 33.5 Å². The molecule has 0 bridgehead atoms. The third-order valence-electron chi connectivity index (χ3n) is 4.11. The third-order valence-corrected chi connectivity index (χ3v) is 5.11. The van der Waals surface area contributed by atoms with Crippen LogP contribution < -0.4 is 10.1 Å². The van der Waals surface area contributed by atoms with Crippen LogP contribution in [0.15, 0.2) is 36.7 Å². The molecule has 1 aromatic carbocycles. The zero-order valence-electron chi connectivity index (χ0n) is 13.9. The van der Waals surface area contributed by atoms with Gasteiger partial charge >= 0.3 is 0 Å². The maximum atomic E-state index is 13.7. The summed E-state index contributed by atoms with van der Waals surface area (Å²) in [4.78, 5) is 16.8. The number of halogens is 1. The number of ether oxygens (including phenoxy) is 1. The number of benzene rings is 1. The molecule has 1 N–H and O–H groups in total. The van der Waals surface area contributed by atoms with Crippen molar-refractivity contribution >= 4 is 22.4 Å². The van der Waals surface area contributed by atoms with Crippen LogP contribution in [0.3, 0.4) is 0 Å². The SMILES string of the molecule is COc1ccc(F)cc1-c1cnccc1C(=O)Nc1nnc(C2CC2)s1. The van der Waals surface area contributed by atoms with Crippen molar-refractivity contribution in [2.75, 3.05) is 12.4 Å². The lowest BCUT2D eigenvalue weighted by Crippen LogP contribution is -2.13. The van der Waals surface area contributed by atoms with Gasteiger partial charge in [-0.2, -0.15) is 0 Å².